The lowest BCUT2D eigenvalue weighted by Crippen LogP contribution is -2.60. The standard InChI is InChI=1S/C44H76N2O7/c1-11-50-37(40(7,8)49)29-20-27(2)34-35(52-29)36(47)42(10)31-13-12-30-39(5,6)32(14-15-43(30)25-44(31,43)17-16-41(34,42)9)53-33-24-45(18-19-51-33)21-28-22-46(23-28)26-38(3,4)48/h27-37,47-49H,11-26H2,1-10H3/t27-,29?,30+,31?,32+,33+,34+,35?,36+,37+,41-,42-,43-,44+/m1/s1. The third-order valence-corrected chi connectivity index (χ3v) is 17.7. The highest BCUT2D eigenvalue weighted by atomic mass is 16.7. The molecule has 53 heavy (non-hydrogen) atoms. The van der Waals surface area contributed by atoms with Crippen molar-refractivity contribution in [2.24, 2.45) is 56.7 Å². The normalized spacial score (nSPS) is 49.2. The minimum atomic E-state index is -1.02. The molecule has 0 radical (unpaired) electrons. The third kappa shape index (κ3) is 6.00. The fourth-order valence-corrected chi connectivity index (χ4v) is 15.6. The molecular formula is C44H76N2O7. The number of morpholine rings is 1. The van der Waals surface area contributed by atoms with Gasteiger partial charge in [-0.15, -0.1) is 0 Å². The van der Waals surface area contributed by atoms with Crippen LogP contribution in [0.1, 0.15) is 121 Å². The summed E-state index contributed by atoms with van der Waals surface area (Å²) in [4.78, 5) is 4.92. The molecule has 3 saturated heterocycles. The highest BCUT2D eigenvalue weighted by molar-refractivity contribution is 5.33. The van der Waals surface area contributed by atoms with Crippen molar-refractivity contribution < 1.29 is 34.3 Å². The number of ether oxygens (including phenoxy) is 4. The molecule has 0 amide bonds. The summed E-state index contributed by atoms with van der Waals surface area (Å²) in [5.74, 6) is 2.45. The van der Waals surface area contributed by atoms with Gasteiger partial charge >= 0.3 is 0 Å². The van der Waals surface area contributed by atoms with Crippen LogP contribution in [0.25, 0.3) is 0 Å². The van der Waals surface area contributed by atoms with Gasteiger partial charge in [-0.2, -0.15) is 0 Å². The fourth-order valence-electron chi connectivity index (χ4n) is 15.6. The number of rotatable bonds is 10. The smallest absolute Gasteiger partial charge is 0.170 e. The van der Waals surface area contributed by atoms with E-state index in [0.29, 0.717) is 47.0 Å². The van der Waals surface area contributed by atoms with E-state index < -0.39 is 23.4 Å². The van der Waals surface area contributed by atoms with Crippen molar-refractivity contribution in [3.05, 3.63) is 0 Å². The first-order valence-electron chi connectivity index (χ1n) is 21.8. The van der Waals surface area contributed by atoms with Crippen molar-refractivity contribution in [3.63, 3.8) is 0 Å². The van der Waals surface area contributed by atoms with Gasteiger partial charge in [0.25, 0.3) is 0 Å². The molecular weight excluding hydrogens is 668 g/mol. The van der Waals surface area contributed by atoms with Crippen LogP contribution in [0.5, 0.6) is 0 Å². The lowest BCUT2D eigenvalue weighted by molar-refractivity contribution is -0.249. The number of aliphatic hydroxyl groups excluding tert-OH is 1. The average Bonchev–Trinajstić information content (AvgIpc) is 3.67. The highest BCUT2D eigenvalue weighted by Gasteiger charge is 2.84. The van der Waals surface area contributed by atoms with E-state index in [1.807, 2.05) is 34.6 Å². The van der Waals surface area contributed by atoms with Crippen LogP contribution < -0.4 is 0 Å². The molecule has 0 aromatic carbocycles. The number of fused-ring (bicyclic) bond motifs is 4. The summed E-state index contributed by atoms with van der Waals surface area (Å²) >= 11 is 0. The van der Waals surface area contributed by atoms with E-state index in [4.69, 9.17) is 18.9 Å². The summed E-state index contributed by atoms with van der Waals surface area (Å²) in [5, 5.41) is 34.0. The van der Waals surface area contributed by atoms with Crippen molar-refractivity contribution in [2.75, 3.05) is 52.5 Å². The van der Waals surface area contributed by atoms with Crippen molar-refractivity contribution >= 4 is 0 Å². The van der Waals surface area contributed by atoms with E-state index in [2.05, 4.69) is 44.4 Å². The van der Waals surface area contributed by atoms with Crippen LogP contribution in [-0.4, -0.2) is 126 Å². The Morgan fingerprint density at radius 2 is 1.60 bits per heavy atom. The minimum absolute atomic E-state index is 0.0110. The summed E-state index contributed by atoms with van der Waals surface area (Å²) < 4.78 is 26.5. The van der Waals surface area contributed by atoms with Gasteiger partial charge < -0.3 is 34.3 Å². The molecule has 8 fully saturated rings. The predicted octanol–water partition coefficient (Wildman–Crippen LogP) is 5.72. The van der Waals surface area contributed by atoms with Gasteiger partial charge in [-0.05, 0) is 137 Å². The van der Waals surface area contributed by atoms with Crippen LogP contribution in [-0.2, 0) is 18.9 Å². The summed E-state index contributed by atoms with van der Waals surface area (Å²) in [6, 6.07) is 0. The average molecular weight is 745 g/mol. The molecule has 2 spiro atoms. The summed E-state index contributed by atoms with van der Waals surface area (Å²) in [5.41, 5.74) is -1.16. The second kappa shape index (κ2) is 13.1. The fraction of sp³-hybridized carbons (Fsp3) is 1.00. The third-order valence-electron chi connectivity index (χ3n) is 17.7. The van der Waals surface area contributed by atoms with Crippen LogP contribution in [0.4, 0.5) is 0 Å². The van der Waals surface area contributed by atoms with Gasteiger partial charge in [0.05, 0.1) is 42.2 Å². The van der Waals surface area contributed by atoms with E-state index in [0.717, 1.165) is 65.1 Å². The Balaban J connectivity index is 0.947. The summed E-state index contributed by atoms with van der Waals surface area (Å²) in [6.07, 6.45) is 7.92. The van der Waals surface area contributed by atoms with Crippen LogP contribution in [0.15, 0.2) is 0 Å². The first kappa shape index (κ1) is 39.5. The first-order chi connectivity index (χ1) is 24.7. The maximum absolute atomic E-state index is 12.7. The number of hydrogen-bond acceptors (Lipinski definition) is 9. The number of hydrogen-bond donors (Lipinski definition) is 3. The van der Waals surface area contributed by atoms with Crippen LogP contribution in [0.2, 0.25) is 0 Å². The molecule has 0 aromatic heterocycles. The molecule has 0 bridgehead atoms. The van der Waals surface area contributed by atoms with E-state index in [1.165, 1.54) is 32.1 Å². The Hall–Kier alpha value is -0.360. The molecule has 3 N–H and O–H groups in total. The van der Waals surface area contributed by atoms with Crippen LogP contribution >= 0.6 is 0 Å². The zero-order valence-corrected chi connectivity index (χ0v) is 35.0. The van der Waals surface area contributed by atoms with Crippen molar-refractivity contribution in [2.45, 2.75) is 169 Å². The highest BCUT2D eigenvalue weighted by Crippen LogP contribution is 2.89. The maximum atomic E-state index is 12.7. The van der Waals surface area contributed by atoms with E-state index >= 15 is 0 Å². The molecule has 3 heterocycles. The Kier molecular flexibility index (Phi) is 9.74. The van der Waals surface area contributed by atoms with Crippen molar-refractivity contribution in [3.8, 4) is 0 Å². The number of aliphatic hydroxyl groups is 3. The quantitative estimate of drug-likeness (QED) is 0.259. The van der Waals surface area contributed by atoms with Gasteiger partial charge in [0.15, 0.2) is 6.29 Å². The summed E-state index contributed by atoms with van der Waals surface area (Å²) in [7, 11) is 0. The molecule has 5 saturated carbocycles. The predicted molar refractivity (Wildman–Crippen MR) is 205 cm³/mol. The van der Waals surface area contributed by atoms with Gasteiger partial charge in [-0.3, -0.25) is 9.80 Å². The van der Waals surface area contributed by atoms with Gasteiger partial charge in [-0.1, -0.05) is 34.6 Å². The SMILES string of the molecule is CCO[C@@H](C1C[C@@H](C)[C@H]2C(O1)[C@H](O)[C@@]1(C)C3CC[C@H]4C(C)(C)[C@@H](O[C@H]5CN(CC6CN(CC(C)(C)O)C6)CCO5)CC[C@@]45C[C@@]35CC[C@]21C)C(C)(C)O. The topological polar surface area (TPSA) is 104 Å². The van der Waals surface area contributed by atoms with E-state index in [1.54, 1.807) is 0 Å². The van der Waals surface area contributed by atoms with Gasteiger partial charge in [0.1, 0.15) is 6.10 Å². The molecule has 14 atom stereocenters. The Morgan fingerprint density at radius 1 is 0.906 bits per heavy atom. The molecule has 5 aliphatic carbocycles. The van der Waals surface area contributed by atoms with Crippen molar-refractivity contribution in [1.82, 2.24) is 9.80 Å². The molecule has 9 heteroatoms. The van der Waals surface area contributed by atoms with Gasteiger partial charge in [0.2, 0.25) is 0 Å². The Labute approximate surface area is 321 Å². The maximum Gasteiger partial charge on any atom is 0.170 e. The zero-order valence-electron chi connectivity index (χ0n) is 35.0. The van der Waals surface area contributed by atoms with Gasteiger partial charge in [-0.25, -0.2) is 0 Å². The van der Waals surface area contributed by atoms with E-state index in [-0.39, 0.29) is 40.8 Å². The molecule has 0 aromatic rings. The van der Waals surface area contributed by atoms with Gasteiger partial charge in [0, 0.05) is 51.3 Å². The minimum Gasteiger partial charge on any atom is -0.390 e. The first-order valence-corrected chi connectivity index (χ1v) is 21.8. The number of β-amino-alcohol motifs (C(OH)–C–C–N with tert-alkyl or cyclic N) is 1. The molecule has 304 valence electrons. The lowest BCUT2D eigenvalue weighted by atomic mass is 9.41. The van der Waals surface area contributed by atoms with Crippen LogP contribution in [0, 0.1) is 56.7 Å². The van der Waals surface area contributed by atoms with Crippen LogP contribution in [0.3, 0.4) is 0 Å². The second-order valence-corrected chi connectivity index (χ2v) is 22.1. The molecule has 8 aliphatic rings. The Bertz CT molecular complexity index is 1360. The van der Waals surface area contributed by atoms with Crippen molar-refractivity contribution in [1.29, 1.82) is 0 Å². The molecule has 9 nitrogen and oxygen atoms in total. The second-order valence-electron chi connectivity index (χ2n) is 22.1. The molecule has 8 rings (SSSR count). The monoisotopic (exact) mass is 745 g/mol. The largest absolute Gasteiger partial charge is 0.390 e. The lowest BCUT2D eigenvalue weighted by Gasteiger charge is -2.64. The number of nitrogens with zero attached hydrogens (tertiary/aromatic N) is 2. The Morgan fingerprint density at radius 3 is 2.28 bits per heavy atom. The van der Waals surface area contributed by atoms with E-state index in [9.17, 15) is 15.3 Å². The molecule has 3 unspecified atom stereocenters. The molecule has 3 aliphatic heterocycles. The zero-order chi connectivity index (χ0) is 38.1. The number of likely N-dealkylation sites (tertiary alicyclic amines) is 1. The summed E-state index contributed by atoms with van der Waals surface area (Å²) in [6.45, 7) is 28.8.